The van der Waals surface area contributed by atoms with Gasteiger partial charge < -0.3 is 14.6 Å². The Morgan fingerprint density at radius 2 is 1.71 bits per heavy atom. The Bertz CT molecular complexity index is 945. The van der Waals surface area contributed by atoms with E-state index in [1.807, 2.05) is 0 Å². The van der Waals surface area contributed by atoms with E-state index in [1.54, 1.807) is 30.3 Å². The van der Waals surface area contributed by atoms with E-state index in [4.69, 9.17) is 9.47 Å². The van der Waals surface area contributed by atoms with Gasteiger partial charge in [0.25, 0.3) is 11.1 Å². The number of aromatic hydroxyl groups is 1. The number of carbonyl (C=O) groups is 3. The lowest BCUT2D eigenvalue weighted by molar-refractivity contribution is -0.122. The van der Waals surface area contributed by atoms with Crippen molar-refractivity contribution in [2.24, 2.45) is 0 Å². The molecule has 1 N–H and O–H groups in total. The van der Waals surface area contributed by atoms with Crippen LogP contribution in [0.2, 0.25) is 0 Å². The van der Waals surface area contributed by atoms with Crippen LogP contribution in [0, 0.1) is 0 Å². The molecule has 1 saturated heterocycles. The van der Waals surface area contributed by atoms with Crippen molar-refractivity contribution in [1.29, 1.82) is 0 Å². The van der Waals surface area contributed by atoms with Crippen LogP contribution in [0.25, 0.3) is 6.08 Å². The summed E-state index contributed by atoms with van der Waals surface area (Å²) in [6.07, 6.45) is 1.49. The van der Waals surface area contributed by atoms with Crippen molar-refractivity contribution in [1.82, 2.24) is 4.90 Å². The van der Waals surface area contributed by atoms with E-state index < -0.39 is 11.1 Å². The number of amides is 2. The van der Waals surface area contributed by atoms with E-state index in [0.29, 0.717) is 11.1 Å². The maximum Gasteiger partial charge on any atom is 0.293 e. The van der Waals surface area contributed by atoms with Gasteiger partial charge in [0.15, 0.2) is 17.3 Å². The summed E-state index contributed by atoms with van der Waals surface area (Å²) in [6, 6.07) is 11.5. The van der Waals surface area contributed by atoms with Gasteiger partial charge in [0.05, 0.1) is 25.7 Å². The van der Waals surface area contributed by atoms with Gasteiger partial charge in [-0.3, -0.25) is 19.3 Å². The third-order valence-corrected chi connectivity index (χ3v) is 4.98. The number of thioether (sulfide) groups is 1. The zero-order valence-corrected chi connectivity index (χ0v) is 16.0. The van der Waals surface area contributed by atoms with E-state index in [2.05, 4.69) is 0 Å². The fourth-order valence-electron chi connectivity index (χ4n) is 2.64. The standard InChI is InChI=1S/C20H17NO6S/c1-26-15-8-12(9-16(27-2)18(15)23)10-17-19(24)21(20(25)28-17)11-14(22)13-6-4-3-5-7-13/h3-10,23H,11H2,1-2H3/b17-10+. The average molecular weight is 399 g/mol. The topological polar surface area (TPSA) is 93.1 Å². The molecule has 0 aliphatic carbocycles. The number of nitrogens with zero attached hydrogens (tertiary/aromatic N) is 1. The van der Waals surface area contributed by atoms with Crippen LogP contribution in [0.1, 0.15) is 15.9 Å². The predicted molar refractivity (Wildman–Crippen MR) is 105 cm³/mol. The van der Waals surface area contributed by atoms with E-state index in [1.165, 1.54) is 32.4 Å². The number of methoxy groups -OCH3 is 2. The highest BCUT2D eigenvalue weighted by atomic mass is 32.2. The molecular formula is C20H17NO6S. The van der Waals surface area contributed by atoms with Gasteiger partial charge in [-0.25, -0.2) is 0 Å². The van der Waals surface area contributed by atoms with Gasteiger partial charge in [-0.15, -0.1) is 0 Å². The maximum absolute atomic E-state index is 12.6. The van der Waals surface area contributed by atoms with Crippen LogP contribution in [-0.4, -0.2) is 47.7 Å². The third kappa shape index (κ3) is 3.86. The van der Waals surface area contributed by atoms with E-state index in [9.17, 15) is 19.5 Å². The van der Waals surface area contributed by atoms with Crippen molar-refractivity contribution in [3.8, 4) is 17.2 Å². The number of phenolic OH excluding ortho intramolecular Hbond substituents is 1. The number of rotatable bonds is 6. The number of benzene rings is 2. The summed E-state index contributed by atoms with van der Waals surface area (Å²) in [5.41, 5.74) is 0.935. The summed E-state index contributed by atoms with van der Waals surface area (Å²) in [7, 11) is 2.78. The fourth-order valence-corrected chi connectivity index (χ4v) is 3.48. The highest BCUT2D eigenvalue weighted by Gasteiger charge is 2.36. The minimum atomic E-state index is -0.551. The average Bonchev–Trinajstić information content (AvgIpc) is 2.97. The summed E-state index contributed by atoms with van der Waals surface area (Å²) in [4.78, 5) is 38.3. The summed E-state index contributed by atoms with van der Waals surface area (Å²) in [5.74, 6) is -0.695. The molecule has 0 aromatic heterocycles. The number of phenols is 1. The smallest absolute Gasteiger partial charge is 0.293 e. The summed E-state index contributed by atoms with van der Waals surface area (Å²) >= 11 is 0.747. The largest absolute Gasteiger partial charge is 0.502 e. The molecule has 1 aliphatic rings. The number of Topliss-reactive ketones (excluding diaryl/α,β-unsaturated/α-hetero) is 1. The predicted octanol–water partition coefficient (Wildman–Crippen LogP) is 3.33. The highest BCUT2D eigenvalue weighted by molar-refractivity contribution is 8.18. The van der Waals surface area contributed by atoms with Gasteiger partial charge in [0.2, 0.25) is 5.75 Å². The van der Waals surface area contributed by atoms with Crippen LogP contribution in [0.3, 0.4) is 0 Å². The Balaban J connectivity index is 1.84. The van der Waals surface area contributed by atoms with Gasteiger partial charge in [0, 0.05) is 5.56 Å². The molecule has 2 aromatic rings. The molecule has 0 atom stereocenters. The Morgan fingerprint density at radius 3 is 2.29 bits per heavy atom. The normalized spacial score (nSPS) is 15.2. The van der Waals surface area contributed by atoms with Crippen LogP contribution in [0.15, 0.2) is 47.4 Å². The molecule has 3 rings (SSSR count). The van der Waals surface area contributed by atoms with Gasteiger partial charge >= 0.3 is 0 Å². The molecule has 8 heteroatoms. The zero-order valence-electron chi connectivity index (χ0n) is 15.2. The molecule has 0 bridgehead atoms. The quantitative estimate of drug-likeness (QED) is 0.588. The summed E-state index contributed by atoms with van der Waals surface area (Å²) in [6.45, 7) is -0.325. The molecule has 0 spiro atoms. The Morgan fingerprint density at radius 1 is 1.11 bits per heavy atom. The van der Waals surface area contributed by atoms with Crippen LogP contribution < -0.4 is 9.47 Å². The molecule has 1 aliphatic heterocycles. The van der Waals surface area contributed by atoms with E-state index in [0.717, 1.165) is 16.7 Å². The lowest BCUT2D eigenvalue weighted by Gasteiger charge is -2.11. The van der Waals surface area contributed by atoms with Gasteiger partial charge in [-0.05, 0) is 35.5 Å². The number of carbonyl (C=O) groups excluding carboxylic acids is 3. The minimum absolute atomic E-state index is 0.163. The van der Waals surface area contributed by atoms with Crippen molar-refractivity contribution in [2.45, 2.75) is 0 Å². The molecule has 0 radical (unpaired) electrons. The first-order valence-electron chi connectivity index (χ1n) is 8.23. The van der Waals surface area contributed by atoms with Crippen LogP contribution in [-0.2, 0) is 4.79 Å². The van der Waals surface area contributed by atoms with Crippen molar-refractivity contribution in [2.75, 3.05) is 20.8 Å². The molecule has 1 heterocycles. The second-order valence-electron chi connectivity index (χ2n) is 5.83. The van der Waals surface area contributed by atoms with Crippen molar-refractivity contribution in [3.63, 3.8) is 0 Å². The van der Waals surface area contributed by atoms with Crippen LogP contribution in [0.5, 0.6) is 17.2 Å². The number of hydrogen-bond donors (Lipinski definition) is 1. The molecule has 2 aromatic carbocycles. The fraction of sp³-hybridized carbons (Fsp3) is 0.150. The van der Waals surface area contributed by atoms with E-state index >= 15 is 0 Å². The van der Waals surface area contributed by atoms with Crippen molar-refractivity contribution < 1.29 is 29.0 Å². The molecule has 7 nitrogen and oxygen atoms in total. The van der Waals surface area contributed by atoms with Crippen LogP contribution >= 0.6 is 11.8 Å². The number of ether oxygens (including phenoxy) is 2. The number of ketones is 1. The second kappa shape index (κ2) is 8.18. The lowest BCUT2D eigenvalue weighted by atomic mass is 10.1. The Hall–Kier alpha value is -3.26. The van der Waals surface area contributed by atoms with E-state index in [-0.39, 0.29) is 34.5 Å². The first kappa shape index (κ1) is 19.5. The molecule has 0 unspecified atom stereocenters. The molecular weight excluding hydrogens is 382 g/mol. The SMILES string of the molecule is COc1cc(/C=C2/SC(=O)N(CC(=O)c3ccccc3)C2=O)cc(OC)c1O. The number of hydrogen-bond acceptors (Lipinski definition) is 7. The monoisotopic (exact) mass is 399 g/mol. The molecule has 144 valence electrons. The van der Waals surface area contributed by atoms with Crippen molar-refractivity contribution in [3.05, 3.63) is 58.5 Å². The maximum atomic E-state index is 12.6. The highest BCUT2D eigenvalue weighted by Crippen LogP contribution is 2.39. The van der Waals surface area contributed by atoms with Crippen LogP contribution in [0.4, 0.5) is 4.79 Å². The zero-order chi connectivity index (χ0) is 20.3. The summed E-state index contributed by atoms with van der Waals surface area (Å²) in [5, 5.41) is 9.46. The summed E-state index contributed by atoms with van der Waals surface area (Å²) < 4.78 is 10.2. The first-order chi connectivity index (χ1) is 13.4. The van der Waals surface area contributed by atoms with Gasteiger partial charge in [-0.2, -0.15) is 0 Å². The van der Waals surface area contributed by atoms with Gasteiger partial charge in [-0.1, -0.05) is 30.3 Å². The number of imide groups is 1. The molecule has 0 saturated carbocycles. The lowest BCUT2D eigenvalue weighted by Crippen LogP contribution is -2.33. The van der Waals surface area contributed by atoms with Crippen molar-refractivity contribution >= 4 is 34.8 Å². The Kier molecular flexibility index (Phi) is 5.70. The second-order valence-corrected chi connectivity index (χ2v) is 6.82. The first-order valence-corrected chi connectivity index (χ1v) is 9.05. The van der Waals surface area contributed by atoms with Gasteiger partial charge in [0.1, 0.15) is 0 Å². The molecule has 2 amide bonds. The molecule has 28 heavy (non-hydrogen) atoms. The molecule has 1 fully saturated rings. The Labute approximate surface area is 165 Å². The third-order valence-electron chi connectivity index (χ3n) is 4.07. The minimum Gasteiger partial charge on any atom is -0.502 e.